The molecular formula is C19H19N3O2. The van der Waals surface area contributed by atoms with E-state index < -0.39 is 0 Å². The molecule has 0 unspecified atom stereocenters. The van der Waals surface area contributed by atoms with Crippen LogP contribution in [0.25, 0.3) is 5.69 Å². The van der Waals surface area contributed by atoms with Crippen molar-refractivity contribution in [2.75, 3.05) is 12.4 Å². The number of nitrogens with one attached hydrogen (secondary N) is 1. The summed E-state index contributed by atoms with van der Waals surface area (Å²) in [5.41, 5.74) is 3.79. The SMILES string of the molecule is CNc1nn(-c2cccc(C)c2)c2c1C(=O)C[C@H](c1ccco1)C2. The Morgan fingerprint density at radius 1 is 1.25 bits per heavy atom. The van der Waals surface area contributed by atoms with Crippen LogP contribution in [0.5, 0.6) is 0 Å². The van der Waals surface area contributed by atoms with Crippen molar-refractivity contribution in [3.8, 4) is 5.69 Å². The van der Waals surface area contributed by atoms with Gasteiger partial charge < -0.3 is 9.73 Å². The largest absolute Gasteiger partial charge is 0.469 e. The molecule has 4 rings (SSSR count). The molecule has 0 fully saturated rings. The van der Waals surface area contributed by atoms with Crippen molar-refractivity contribution < 1.29 is 9.21 Å². The van der Waals surface area contributed by atoms with Crippen LogP contribution in [0.3, 0.4) is 0 Å². The van der Waals surface area contributed by atoms with Gasteiger partial charge in [0.25, 0.3) is 0 Å². The van der Waals surface area contributed by atoms with E-state index in [9.17, 15) is 4.79 Å². The fraction of sp³-hybridized carbons (Fsp3) is 0.263. The standard InChI is InChI=1S/C19H19N3O2/c1-12-5-3-6-14(9-12)22-15-10-13(17-7-4-8-24-17)11-16(23)18(15)19(20-2)21-22/h3-9,13H,10-11H2,1-2H3,(H,20,21)/t13-/m1/s1. The molecule has 3 aromatic rings. The lowest BCUT2D eigenvalue weighted by Crippen LogP contribution is -2.20. The molecule has 2 aromatic heterocycles. The van der Waals surface area contributed by atoms with Crippen LogP contribution in [0.2, 0.25) is 0 Å². The van der Waals surface area contributed by atoms with E-state index in [1.807, 2.05) is 28.9 Å². The maximum Gasteiger partial charge on any atom is 0.169 e. The average Bonchev–Trinajstić information content (AvgIpc) is 3.22. The van der Waals surface area contributed by atoms with Gasteiger partial charge in [-0.1, -0.05) is 12.1 Å². The summed E-state index contributed by atoms with van der Waals surface area (Å²) < 4.78 is 7.43. The second-order valence-electron chi connectivity index (χ2n) is 6.21. The van der Waals surface area contributed by atoms with E-state index in [4.69, 9.17) is 4.42 Å². The van der Waals surface area contributed by atoms with Gasteiger partial charge in [-0.2, -0.15) is 0 Å². The van der Waals surface area contributed by atoms with Crippen LogP contribution in [-0.2, 0) is 6.42 Å². The fourth-order valence-corrected chi connectivity index (χ4v) is 3.44. The number of benzene rings is 1. The highest BCUT2D eigenvalue weighted by molar-refractivity contribution is 6.03. The Hall–Kier alpha value is -2.82. The molecule has 1 aromatic carbocycles. The maximum absolute atomic E-state index is 12.7. The number of aromatic nitrogens is 2. The molecule has 24 heavy (non-hydrogen) atoms. The summed E-state index contributed by atoms with van der Waals surface area (Å²) in [6.45, 7) is 2.05. The molecule has 0 bridgehead atoms. The third-order valence-corrected chi connectivity index (χ3v) is 4.56. The summed E-state index contributed by atoms with van der Waals surface area (Å²) in [4.78, 5) is 12.7. The Kier molecular flexibility index (Phi) is 3.49. The molecule has 1 aliphatic carbocycles. The first-order valence-electron chi connectivity index (χ1n) is 8.10. The molecule has 5 nitrogen and oxygen atoms in total. The monoisotopic (exact) mass is 321 g/mol. The lowest BCUT2D eigenvalue weighted by atomic mass is 9.85. The smallest absolute Gasteiger partial charge is 0.169 e. The third kappa shape index (κ3) is 2.33. The van der Waals surface area contributed by atoms with E-state index in [2.05, 4.69) is 29.5 Å². The van der Waals surface area contributed by atoms with Crippen LogP contribution < -0.4 is 5.32 Å². The van der Waals surface area contributed by atoms with E-state index in [0.717, 1.165) is 29.1 Å². The first kappa shape index (κ1) is 14.8. The third-order valence-electron chi connectivity index (χ3n) is 4.56. The highest BCUT2D eigenvalue weighted by Gasteiger charge is 2.34. The number of furan rings is 1. The highest BCUT2D eigenvalue weighted by atomic mass is 16.3. The quantitative estimate of drug-likeness (QED) is 0.798. The topological polar surface area (TPSA) is 60.1 Å². The van der Waals surface area contributed by atoms with Crippen LogP contribution in [0.4, 0.5) is 5.82 Å². The Bertz CT molecular complexity index is 893. The van der Waals surface area contributed by atoms with Crippen LogP contribution in [-0.4, -0.2) is 22.6 Å². The van der Waals surface area contributed by atoms with Crippen LogP contribution >= 0.6 is 0 Å². The van der Waals surface area contributed by atoms with Gasteiger partial charge in [0.15, 0.2) is 11.6 Å². The van der Waals surface area contributed by atoms with Gasteiger partial charge in [0.05, 0.1) is 23.2 Å². The fourth-order valence-electron chi connectivity index (χ4n) is 3.44. The number of Topliss-reactive ketones (excluding diaryl/α,β-unsaturated/α-hetero) is 1. The number of ketones is 1. The van der Waals surface area contributed by atoms with Gasteiger partial charge in [-0.05, 0) is 36.8 Å². The van der Waals surface area contributed by atoms with Gasteiger partial charge in [-0.25, -0.2) is 4.68 Å². The van der Waals surface area contributed by atoms with Crippen molar-refractivity contribution in [1.29, 1.82) is 0 Å². The molecule has 1 aliphatic rings. The highest BCUT2D eigenvalue weighted by Crippen LogP contribution is 2.37. The number of hydrogen-bond acceptors (Lipinski definition) is 4. The lowest BCUT2D eigenvalue weighted by Gasteiger charge is -2.21. The molecule has 122 valence electrons. The van der Waals surface area contributed by atoms with Crippen molar-refractivity contribution in [2.45, 2.75) is 25.7 Å². The second kappa shape index (κ2) is 5.67. The minimum Gasteiger partial charge on any atom is -0.469 e. The molecule has 0 spiro atoms. The summed E-state index contributed by atoms with van der Waals surface area (Å²) in [5.74, 6) is 1.68. The Morgan fingerprint density at radius 2 is 2.12 bits per heavy atom. The first-order valence-corrected chi connectivity index (χ1v) is 8.10. The van der Waals surface area contributed by atoms with Crippen molar-refractivity contribution in [2.24, 2.45) is 0 Å². The lowest BCUT2D eigenvalue weighted by molar-refractivity contribution is 0.0960. The number of nitrogens with zero attached hydrogens (tertiary/aromatic N) is 2. The molecular weight excluding hydrogens is 302 g/mol. The van der Waals surface area contributed by atoms with Gasteiger partial charge in [0.2, 0.25) is 0 Å². The van der Waals surface area contributed by atoms with E-state index in [1.54, 1.807) is 13.3 Å². The normalized spacial score (nSPS) is 16.9. The first-order chi connectivity index (χ1) is 11.7. The Balaban J connectivity index is 1.85. The number of aryl methyl sites for hydroxylation is 1. The summed E-state index contributed by atoms with van der Waals surface area (Å²) in [5, 5.41) is 7.71. The van der Waals surface area contributed by atoms with Crippen molar-refractivity contribution >= 4 is 11.6 Å². The number of fused-ring (bicyclic) bond motifs is 1. The summed E-state index contributed by atoms with van der Waals surface area (Å²) in [7, 11) is 1.80. The number of anilines is 1. The van der Waals surface area contributed by atoms with E-state index >= 15 is 0 Å². The van der Waals surface area contributed by atoms with Crippen LogP contribution in [0.15, 0.2) is 47.1 Å². The van der Waals surface area contributed by atoms with Crippen molar-refractivity contribution in [3.05, 3.63) is 65.2 Å². The van der Waals surface area contributed by atoms with Gasteiger partial charge >= 0.3 is 0 Å². The van der Waals surface area contributed by atoms with Gasteiger partial charge in [-0.15, -0.1) is 5.10 Å². The zero-order chi connectivity index (χ0) is 16.7. The molecule has 0 aliphatic heterocycles. The van der Waals surface area contributed by atoms with E-state index in [1.165, 1.54) is 0 Å². The summed E-state index contributed by atoms with van der Waals surface area (Å²) in [6.07, 6.45) is 2.85. The molecule has 0 radical (unpaired) electrons. The maximum atomic E-state index is 12.7. The minimum absolute atomic E-state index is 0.0602. The zero-order valence-electron chi connectivity index (χ0n) is 13.7. The second-order valence-corrected chi connectivity index (χ2v) is 6.21. The van der Waals surface area contributed by atoms with Crippen molar-refractivity contribution in [3.63, 3.8) is 0 Å². The summed E-state index contributed by atoms with van der Waals surface area (Å²) in [6, 6.07) is 12.0. The van der Waals surface area contributed by atoms with Gasteiger partial charge in [0, 0.05) is 25.8 Å². The van der Waals surface area contributed by atoms with Crippen molar-refractivity contribution in [1.82, 2.24) is 9.78 Å². The predicted octanol–water partition coefficient (Wildman–Crippen LogP) is 3.73. The Morgan fingerprint density at radius 3 is 2.83 bits per heavy atom. The van der Waals surface area contributed by atoms with Crippen LogP contribution in [0.1, 0.15) is 39.7 Å². The van der Waals surface area contributed by atoms with E-state index in [-0.39, 0.29) is 11.7 Å². The summed E-state index contributed by atoms with van der Waals surface area (Å²) >= 11 is 0. The van der Waals surface area contributed by atoms with Gasteiger partial charge in [-0.3, -0.25) is 4.79 Å². The number of carbonyl (C=O) groups is 1. The molecule has 1 atom stereocenters. The molecule has 5 heteroatoms. The van der Waals surface area contributed by atoms with E-state index in [0.29, 0.717) is 17.8 Å². The molecule has 0 saturated carbocycles. The number of carbonyl (C=O) groups excluding carboxylic acids is 1. The van der Waals surface area contributed by atoms with Gasteiger partial charge in [0.1, 0.15) is 5.76 Å². The molecule has 0 saturated heterocycles. The predicted molar refractivity (Wildman–Crippen MR) is 91.9 cm³/mol. The zero-order valence-corrected chi connectivity index (χ0v) is 13.7. The number of rotatable bonds is 3. The van der Waals surface area contributed by atoms with Crippen LogP contribution in [0, 0.1) is 6.92 Å². The molecule has 1 N–H and O–H groups in total. The molecule has 0 amide bonds. The molecule has 2 heterocycles. The average molecular weight is 321 g/mol. The minimum atomic E-state index is 0.0602. The Labute approximate surface area is 140 Å². The number of hydrogen-bond donors (Lipinski definition) is 1.